The Morgan fingerprint density at radius 2 is 2.00 bits per heavy atom. The summed E-state index contributed by atoms with van der Waals surface area (Å²) in [6.45, 7) is 1.81. The Labute approximate surface area is 139 Å². The van der Waals surface area contributed by atoms with Crippen molar-refractivity contribution in [1.29, 1.82) is 0 Å². The van der Waals surface area contributed by atoms with Crippen LogP contribution < -0.4 is 5.32 Å². The van der Waals surface area contributed by atoms with Crippen LogP contribution in [0.4, 0.5) is 4.39 Å². The fourth-order valence-corrected chi connectivity index (χ4v) is 2.52. The van der Waals surface area contributed by atoms with Crippen LogP contribution in [0.3, 0.4) is 0 Å². The van der Waals surface area contributed by atoms with Crippen LogP contribution in [0.2, 0.25) is 0 Å². The minimum atomic E-state index is -0.707. The van der Waals surface area contributed by atoms with Gasteiger partial charge in [0.1, 0.15) is 23.4 Å². The van der Waals surface area contributed by atoms with Crippen molar-refractivity contribution in [2.24, 2.45) is 7.05 Å². The second-order valence-electron chi connectivity index (χ2n) is 5.49. The first kappa shape index (κ1) is 15.9. The molecule has 2 aromatic heterocycles. The van der Waals surface area contributed by atoms with Gasteiger partial charge < -0.3 is 9.88 Å². The Bertz CT molecular complexity index is 875. The monoisotopic (exact) mass is 324 g/mol. The number of carbonyl (C=O) groups is 1. The third kappa shape index (κ3) is 3.17. The highest BCUT2D eigenvalue weighted by atomic mass is 19.1. The molecule has 1 N–H and O–H groups in total. The van der Waals surface area contributed by atoms with E-state index in [1.165, 1.54) is 6.07 Å². The molecule has 1 atom stereocenters. The average Bonchev–Trinajstić information content (AvgIpc) is 2.99. The van der Waals surface area contributed by atoms with Gasteiger partial charge in [-0.05, 0) is 25.1 Å². The number of amides is 1. The highest BCUT2D eigenvalue weighted by molar-refractivity contribution is 5.92. The first-order chi connectivity index (χ1) is 11.6. The van der Waals surface area contributed by atoms with Gasteiger partial charge in [-0.1, -0.05) is 24.3 Å². The fraction of sp³-hybridized carbons (Fsp3) is 0.167. The topological polar surface area (TPSA) is 59.8 Å². The molecule has 0 bridgehead atoms. The zero-order valence-electron chi connectivity index (χ0n) is 13.4. The van der Waals surface area contributed by atoms with E-state index < -0.39 is 11.9 Å². The standard InChI is InChI=1S/C18H17FN4O/c1-12-6-5-9-15(21-12)18(24)22-16(17-20-10-11-23(17)2)13-7-3-4-8-14(13)19/h3-11,16H,1-2H3,(H,22,24). The highest BCUT2D eigenvalue weighted by Crippen LogP contribution is 2.23. The molecule has 0 saturated carbocycles. The van der Waals surface area contributed by atoms with Crippen LogP contribution in [0.1, 0.15) is 33.6 Å². The summed E-state index contributed by atoms with van der Waals surface area (Å²) in [6, 6.07) is 10.8. The second kappa shape index (κ2) is 6.62. The molecule has 0 aliphatic rings. The van der Waals surface area contributed by atoms with Gasteiger partial charge in [0, 0.05) is 30.7 Å². The van der Waals surface area contributed by atoms with Crippen molar-refractivity contribution in [1.82, 2.24) is 19.9 Å². The lowest BCUT2D eigenvalue weighted by Gasteiger charge is -2.19. The van der Waals surface area contributed by atoms with Crippen LogP contribution in [0.25, 0.3) is 0 Å². The number of pyridine rings is 1. The molecule has 0 saturated heterocycles. The van der Waals surface area contributed by atoms with E-state index in [0.29, 0.717) is 11.4 Å². The summed E-state index contributed by atoms with van der Waals surface area (Å²) in [5, 5.41) is 2.84. The van der Waals surface area contributed by atoms with Gasteiger partial charge in [0.15, 0.2) is 0 Å². The Morgan fingerprint density at radius 3 is 2.67 bits per heavy atom. The number of aryl methyl sites for hydroxylation is 2. The number of rotatable bonds is 4. The number of halogens is 1. The quantitative estimate of drug-likeness (QED) is 0.803. The lowest BCUT2D eigenvalue weighted by molar-refractivity contribution is 0.0935. The summed E-state index contributed by atoms with van der Waals surface area (Å²) < 4.78 is 16.0. The van der Waals surface area contributed by atoms with Crippen LogP contribution >= 0.6 is 0 Å². The van der Waals surface area contributed by atoms with Crippen molar-refractivity contribution in [2.75, 3.05) is 0 Å². The van der Waals surface area contributed by atoms with E-state index in [2.05, 4.69) is 15.3 Å². The molecule has 3 aromatic rings. The third-order valence-corrected chi connectivity index (χ3v) is 3.73. The average molecular weight is 324 g/mol. The van der Waals surface area contributed by atoms with Gasteiger partial charge >= 0.3 is 0 Å². The number of imidazole rings is 1. The maximum Gasteiger partial charge on any atom is 0.270 e. The van der Waals surface area contributed by atoms with Crippen LogP contribution in [0.5, 0.6) is 0 Å². The fourth-order valence-electron chi connectivity index (χ4n) is 2.52. The van der Waals surface area contributed by atoms with E-state index in [1.807, 2.05) is 13.0 Å². The van der Waals surface area contributed by atoms with Gasteiger partial charge in [0.25, 0.3) is 5.91 Å². The molecule has 6 heteroatoms. The summed E-state index contributed by atoms with van der Waals surface area (Å²) in [7, 11) is 1.80. The number of hydrogen-bond acceptors (Lipinski definition) is 3. The van der Waals surface area contributed by atoms with Crippen molar-refractivity contribution in [2.45, 2.75) is 13.0 Å². The maximum absolute atomic E-state index is 14.3. The largest absolute Gasteiger partial charge is 0.337 e. The Morgan fingerprint density at radius 1 is 1.21 bits per heavy atom. The van der Waals surface area contributed by atoms with Crippen LogP contribution in [0, 0.1) is 12.7 Å². The predicted octanol–water partition coefficient (Wildman–Crippen LogP) is 2.78. The van der Waals surface area contributed by atoms with Crippen molar-refractivity contribution >= 4 is 5.91 Å². The molecule has 24 heavy (non-hydrogen) atoms. The molecule has 122 valence electrons. The van der Waals surface area contributed by atoms with Gasteiger partial charge in [0.05, 0.1) is 0 Å². The van der Waals surface area contributed by atoms with Crippen molar-refractivity contribution < 1.29 is 9.18 Å². The highest BCUT2D eigenvalue weighted by Gasteiger charge is 2.24. The molecular formula is C18H17FN4O. The summed E-state index contributed by atoms with van der Waals surface area (Å²) in [4.78, 5) is 21.0. The van der Waals surface area contributed by atoms with Crippen molar-refractivity contribution in [3.63, 3.8) is 0 Å². The third-order valence-electron chi connectivity index (χ3n) is 3.73. The van der Waals surface area contributed by atoms with Crippen LogP contribution in [-0.4, -0.2) is 20.4 Å². The number of nitrogens with zero attached hydrogens (tertiary/aromatic N) is 3. The van der Waals surface area contributed by atoms with E-state index in [-0.39, 0.29) is 11.6 Å². The molecule has 0 fully saturated rings. The minimum absolute atomic E-state index is 0.283. The second-order valence-corrected chi connectivity index (χ2v) is 5.49. The number of benzene rings is 1. The first-order valence-corrected chi connectivity index (χ1v) is 7.52. The van der Waals surface area contributed by atoms with E-state index >= 15 is 0 Å². The molecule has 0 aliphatic carbocycles. The molecule has 1 unspecified atom stereocenters. The van der Waals surface area contributed by atoms with E-state index in [0.717, 1.165) is 5.69 Å². The molecule has 5 nitrogen and oxygen atoms in total. The molecule has 0 aliphatic heterocycles. The molecule has 1 aromatic carbocycles. The summed E-state index contributed by atoms with van der Waals surface area (Å²) in [5.74, 6) is -0.237. The van der Waals surface area contributed by atoms with Gasteiger partial charge in [-0.2, -0.15) is 0 Å². The predicted molar refractivity (Wildman–Crippen MR) is 87.9 cm³/mol. The van der Waals surface area contributed by atoms with Gasteiger partial charge in [-0.15, -0.1) is 0 Å². The Balaban J connectivity index is 1.98. The van der Waals surface area contributed by atoms with Crippen LogP contribution in [0.15, 0.2) is 54.9 Å². The summed E-state index contributed by atoms with van der Waals surface area (Å²) in [6.07, 6.45) is 3.36. The summed E-state index contributed by atoms with van der Waals surface area (Å²) in [5.41, 5.74) is 1.38. The molecule has 3 rings (SSSR count). The minimum Gasteiger partial charge on any atom is -0.337 e. The van der Waals surface area contributed by atoms with E-state index in [9.17, 15) is 9.18 Å². The molecule has 2 heterocycles. The zero-order chi connectivity index (χ0) is 17.1. The first-order valence-electron chi connectivity index (χ1n) is 7.52. The lowest BCUT2D eigenvalue weighted by Crippen LogP contribution is -2.32. The Kier molecular flexibility index (Phi) is 4.37. The molecule has 0 spiro atoms. The zero-order valence-corrected chi connectivity index (χ0v) is 13.4. The number of aromatic nitrogens is 3. The Hall–Kier alpha value is -3.02. The molecule has 0 radical (unpaired) electrons. The van der Waals surface area contributed by atoms with Gasteiger partial charge in [-0.3, -0.25) is 4.79 Å². The van der Waals surface area contributed by atoms with Gasteiger partial charge in [0.2, 0.25) is 0 Å². The van der Waals surface area contributed by atoms with Gasteiger partial charge in [-0.25, -0.2) is 14.4 Å². The smallest absolute Gasteiger partial charge is 0.270 e. The van der Waals surface area contributed by atoms with Crippen molar-refractivity contribution in [3.8, 4) is 0 Å². The molecule has 1 amide bonds. The molecular weight excluding hydrogens is 307 g/mol. The number of carbonyl (C=O) groups excluding carboxylic acids is 1. The SMILES string of the molecule is Cc1cccc(C(=O)NC(c2ccccc2F)c2nccn2C)n1. The van der Waals surface area contributed by atoms with E-state index in [4.69, 9.17) is 0 Å². The van der Waals surface area contributed by atoms with Crippen molar-refractivity contribution in [3.05, 3.63) is 83.5 Å². The van der Waals surface area contributed by atoms with E-state index in [1.54, 1.807) is 54.3 Å². The number of hydrogen-bond donors (Lipinski definition) is 1. The summed E-state index contributed by atoms with van der Waals surface area (Å²) >= 11 is 0. The number of nitrogens with one attached hydrogen (secondary N) is 1. The normalized spacial score (nSPS) is 12.0. The maximum atomic E-state index is 14.3. The lowest BCUT2D eigenvalue weighted by atomic mass is 10.0. The van der Waals surface area contributed by atoms with Crippen LogP contribution in [-0.2, 0) is 7.05 Å².